The number of hydrogen-bond donors (Lipinski definition) is 0. The van der Waals surface area contributed by atoms with Crippen LogP contribution >= 0.6 is 0 Å². The second-order valence-electron chi connectivity index (χ2n) is 7.30. The van der Waals surface area contributed by atoms with Gasteiger partial charge in [-0.15, -0.1) is 0 Å². The van der Waals surface area contributed by atoms with Gasteiger partial charge in [-0.1, -0.05) is 49.3 Å². The molecule has 0 unspecified atom stereocenters. The fraction of sp³-hybridized carbons (Fsp3) is 0.476. The minimum Gasteiger partial charge on any atom is -0.458 e. The van der Waals surface area contributed by atoms with Crippen molar-refractivity contribution in [1.82, 2.24) is 0 Å². The smallest absolute Gasteiger partial charge is 0.331 e. The predicted molar refractivity (Wildman–Crippen MR) is 96.0 cm³/mol. The van der Waals surface area contributed by atoms with Gasteiger partial charge in [0.15, 0.2) is 0 Å². The average molecular weight is 312 g/mol. The molecule has 2 aliphatic rings. The summed E-state index contributed by atoms with van der Waals surface area (Å²) in [5.41, 5.74) is 6.51. The molecular formula is C21H28O2. The van der Waals surface area contributed by atoms with E-state index in [9.17, 15) is 4.79 Å². The number of carbonyl (C=O) groups is 1. The van der Waals surface area contributed by atoms with Crippen molar-refractivity contribution in [3.8, 4) is 0 Å². The van der Waals surface area contributed by atoms with Gasteiger partial charge in [-0.3, -0.25) is 0 Å². The van der Waals surface area contributed by atoms with Crippen molar-refractivity contribution in [2.75, 3.05) is 6.61 Å². The van der Waals surface area contributed by atoms with Gasteiger partial charge in [-0.05, 0) is 62.2 Å². The highest BCUT2D eigenvalue weighted by atomic mass is 16.5. The molecule has 0 aromatic heterocycles. The first-order valence-corrected chi connectivity index (χ1v) is 8.41. The van der Waals surface area contributed by atoms with Crippen molar-refractivity contribution in [1.29, 1.82) is 0 Å². The molecular weight excluding hydrogens is 284 g/mol. The molecule has 0 atom stereocenters. The monoisotopic (exact) mass is 312 g/mol. The summed E-state index contributed by atoms with van der Waals surface area (Å²) >= 11 is 0. The summed E-state index contributed by atoms with van der Waals surface area (Å²) < 4.78 is 5.05. The lowest BCUT2D eigenvalue weighted by Gasteiger charge is -2.32. The Labute approximate surface area is 140 Å². The van der Waals surface area contributed by atoms with E-state index in [4.69, 9.17) is 4.74 Å². The van der Waals surface area contributed by atoms with Crippen LogP contribution in [0, 0.1) is 5.41 Å². The number of esters is 1. The highest BCUT2D eigenvalue weighted by Crippen LogP contribution is 2.40. The van der Waals surface area contributed by atoms with Gasteiger partial charge in [0, 0.05) is 6.08 Å². The molecule has 2 heteroatoms. The number of ether oxygens (including phenoxy) is 1. The number of rotatable bonds is 3. The molecule has 2 nitrogen and oxygen atoms in total. The summed E-state index contributed by atoms with van der Waals surface area (Å²) in [5, 5.41) is 0. The van der Waals surface area contributed by atoms with Gasteiger partial charge in [-0.2, -0.15) is 0 Å². The van der Waals surface area contributed by atoms with Crippen LogP contribution < -0.4 is 0 Å². The normalized spacial score (nSPS) is 24.2. The summed E-state index contributed by atoms with van der Waals surface area (Å²) in [6.07, 6.45) is 13.9. The summed E-state index contributed by atoms with van der Waals surface area (Å²) in [6, 6.07) is 0. The topological polar surface area (TPSA) is 26.3 Å². The standard InChI is InChI=1S/C21H28O2/c1-15(8-10-18-14-23-20(22)13-17(18)3)9-11-19-16(2)7-6-12-21(19,4)5/h8-11,13H,6-7,12,14H2,1-5H3. The zero-order chi connectivity index (χ0) is 17.0. The molecule has 0 aromatic rings. The Morgan fingerprint density at radius 1 is 1.30 bits per heavy atom. The van der Waals surface area contributed by atoms with Crippen LogP contribution in [0.2, 0.25) is 0 Å². The molecule has 0 spiro atoms. The molecule has 0 bridgehead atoms. The van der Waals surface area contributed by atoms with Crippen LogP contribution in [0.3, 0.4) is 0 Å². The second-order valence-corrected chi connectivity index (χ2v) is 7.30. The second kappa shape index (κ2) is 7.16. The maximum absolute atomic E-state index is 11.2. The first-order chi connectivity index (χ1) is 10.8. The lowest BCUT2D eigenvalue weighted by molar-refractivity contribution is -0.137. The number of allylic oxidation sites excluding steroid dienone is 7. The molecule has 0 radical (unpaired) electrons. The SMILES string of the molecule is CC(C=CC1=C(C)CCCC1(C)C)=CC=C1COC(=O)C=C1C. The average Bonchev–Trinajstić information content (AvgIpc) is 2.45. The molecule has 1 aliphatic heterocycles. The molecule has 23 heavy (non-hydrogen) atoms. The quantitative estimate of drug-likeness (QED) is 0.512. The predicted octanol–water partition coefficient (Wildman–Crippen LogP) is 5.45. The lowest BCUT2D eigenvalue weighted by Crippen LogP contribution is -2.19. The van der Waals surface area contributed by atoms with Gasteiger partial charge >= 0.3 is 5.97 Å². The summed E-state index contributed by atoms with van der Waals surface area (Å²) in [6.45, 7) is 11.3. The summed E-state index contributed by atoms with van der Waals surface area (Å²) in [5.74, 6) is -0.248. The third kappa shape index (κ3) is 4.57. The molecule has 0 aromatic carbocycles. The van der Waals surface area contributed by atoms with Gasteiger partial charge in [0.1, 0.15) is 6.61 Å². The van der Waals surface area contributed by atoms with Gasteiger partial charge in [0.2, 0.25) is 0 Å². The van der Waals surface area contributed by atoms with Gasteiger partial charge in [0.05, 0.1) is 0 Å². The first kappa shape index (κ1) is 17.5. The fourth-order valence-corrected chi connectivity index (χ4v) is 3.27. The fourth-order valence-electron chi connectivity index (χ4n) is 3.27. The third-order valence-corrected chi connectivity index (χ3v) is 4.81. The van der Waals surface area contributed by atoms with Crippen LogP contribution in [-0.2, 0) is 9.53 Å². The molecule has 2 rings (SSSR count). The largest absolute Gasteiger partial charge is 0.458 e. The van der Waals surface area contributed by atoms with E-state index in [1.165, 1.54) is 36.0 Å². The van der Waals surface area contributed by atoms with E-state index in [0.29, 0.717) is 6.61 Å². The number of carbonyl (C=O) groups excluding carboxylic acids is 1. The molecule has 0 N–H and O–H groups in total. The maximum atomic E-state index is 11.2. The van der Waals surface area contributed by atoms with Crippen molar-refractivity contribution in [3.05, 3.63) is 58.2 Å². The van der Waals surface area contributed by atoms with Crippen molar-refractivity contribution < 1.29 is 9.53 Å². The van der Waals surface area contributed by atoms with Crippen LogP contribution in [0.15, 0.2) is 58.2 Å². The van der Waals surface area contributed by atoms with Crippen LogP contribution in [0.1, 0.15) is 53.9 Å². The molecule has 124 valence electrons. The summed E-state index contributed by atoms with van der Waals surface area (Å²) in [4.78, 5) is 11.2. The van der Waals surface area contributed by atoms with E-state index in [-0.39, 0.29) is 11.4 Å². The minimum absolute atomic E-state index is 0.248. The Balaban J connectivity index is 2.14. The molecule has 1 heterocycles. The van der Waals surface area contributed by atoms with E-state index >= 15 is 0 Å². The minimum atomic E-state index is -0.248. The molecule has 0 amide bonds. The third-order valence-electron chi connectivity index (χ3n) is 4.81. The Kier molecular flexibility index (Phi) is 5.46. The van der Waals surface area contributed by atoms with E-state index in [2.05, 4.69) is 45.9 Å². The van der Waals surface area contributed by atoms with Crippen molar-refractivity contribution in [2.45, 2.75) is 53.9 Å². The van der Waals surface area contributed by atoms with E-state index < -0.39 is 0 Å². The first-order valence-electron chi connectivity index (χ1n) is 8.41. The molecule has 0 saturated heterocycles. The van der Waals surface area contributed by atoms with Crippen molar-refractivity contribution >= 4 is 5.97 Å². The Morgan fingerprint density at radius 3 is 2.70 bits per heavy atom. The number of hydrogen-bond acceptors (Lipinski definition) is 2. The van der Waals surface area contributed by atoms with E-state index in [0.717, 1.165) is 11.1 Å². The Morgan fingerprint density at radius 2 is 2.04 bits per heavy atom. The zero-order valence-corrected chi connectivity index (χ0v) is 15.0. The molecule has 0 saturated carbocycles. The maximum Gasteiger partial charge on any atom is 0.331 e. The lowest BCUT2D eigenvalue weighted by atomic mass is 9.72. The van der Waals surface area contributed by atoms with E-state index in [1.54, 1.807) is 6.08 Å². The zero-order valence-electron chi connectivity index (χ0n) is 15.0. The van der Waals surface area contributed by atoms with Gasteiger partial charge < -0.3 is 4.74 Å². The van der Waals surface area contributed by atoms with Crippen LogP contribution in [-0.4, -0.2) is 12.6 Å². The summed E-state index contributed by atoms with van der Waals surface area (Å²) in [7, 11) is 0. The van der Waals surface area contributed by atoms with Crippen molar-refractivity contribution in [3.63, 3.8) is 0 Å². The van der Waals surface area contributed by atoms with Crippen LogP contribution in [0.25, 0.3) is 0 Å². The van der Waals surface area contributed by atoms with Crippen LogP contribution in [0.5, 0.6) is 0 Å². The number of cyclic esters (lactones) is 1. The van der Waals surface area contributed by atoms with Crippen LogP contribution in [0.4, 0.5) is 0 Å². The highest BCUT2D eigenvalue weighted by molar-refractivity contribution is 5.85. The van der Waals surface area contributed by atoms with Crippen molar-refractivity contribution in [2.24, 2.45) is 5.41 Å². The highest BCUT2D eigenvalue weighted by Gasteiger charge is 2.26. The Hall–Kier alpha value is -1.83. The van der Waals surface area contributed by atoms with Gasteiger partial charge in [0.25, 0.3) is 0 Å². The van der Waals surface area contributed by atoms with Gasteiger partial charge in [-0.25, -0.2) is 4.79 Å². The van der Waals surface area contributed by atoms with E-state index in [1.807, 2.05) is 13.0 Å². The molecule has 0 fully saturated rings. The Bertz CT molecular complexity index is 637. The molecule has 1 aliphatic carbocycles.